The molecule has 0 bridgehead atoms. The van der Waals surface area contributed by atoms with Crippen LogP contribution in [0, 0.1) is 0 Å². The molecule has 18 heavy (non-hydrogen) atoms. The fourth-order valence-electron chi connectivity index (χ4n) is 2.42. The molecule has 0 atom stereocenters. The Hall–Kier alpha value is -1.65. The molecule has 0 saturated heterocycles. The Kier molecular flexibility index (Phi) is 2.89. The van der Waals surface area contributed by atoms with Crippen LogP contribution in [0.15, 0.2) is 24.3 Å². The molecule has 1 aliphatic heterocycles. The number of aldehydes is 1. The largest absolute Gasteiger partial charge is 0.398 e. The smallest absolute Gasteiger partial charge is 0.160 e. The Bertz CT molecular complexity index is 604. The second-order valence-electron chi connectivity index (χ2n) is 4.41. The quantitative estimate of drug-likeness (QED) is 0.642. The zero-order valence-electron chi connectivity index (χ0n) is 9.90. The van der Waals surface area contributed by atoms with E-state index in [1.807, 2.05) is 18.2 Å². The monoisotopic (exact) mass is 258 g/mol. The maximum Gasteiger partial charge on any atom is 0.160 e. The van der Waals surface area contributed by atoms with Gasteiger partial charge >= 0.3 is 0 Å². The SMILES string of the molecule is Nc1ccc(-c2ccc(C=O)s2)c2c1CNCC2. The summed E-state index contributed by atoms with van der Waals surface area (Å²) in [5.41, 5.74) is 10.6. The lowest BCUT2D eigenvalue weighted by Crippen LogP contribution is -2.25. The number of benzene rings is 1. The molecule has 0 aliphatic carbocycles. The van der Waals surface area contributed by atoms with Gasteiger partial charge in [-0.1, -0.05) is 6.07 Å². The van der Waals surface area contributed by atoms with E-state index in [-0.39, 0.29) is 0 Å². The minimum absolute atomic E-state index is 0.768. The van der Waals surface area contributed by atoms with Crippen LogP contribution in [-0.4, -0.2) is 12.8 Å². The van der Waals surface area contributed by atoms with E-state index in [0.717, 1.165) is 41.2 Å². The van der Waals surface area contributed by atoms with Gasteiger partial charge in [-0.3, -0.25) is 4.79 Å². The number of hydrogen-bond acceptors (Lipinski definition) is 4. The first-order chi connectivity index (χ1) is 8.79. The first-order valence-electron chi connectivity index (χ1n) is 5.96. The lowest BCUT2D eigenvalue weighted by molar-refractivity contribution is 0.112. The molecular weight excluding hydrogens is 244 g/mol. The van der Waals surface area contributed by atoms with E-state index < -0.39 is 0 Å². The van der Waals surface area contributed by atoms with Crippen molar-refractivity contribution in [2.24, 2.45) is 0 Å². The lowest BCUT2D eigenvalue weighted by Gasteiger charge is -2.21. The van der Waals surface area contributed by atoms with Gasteiger partial charge in [-0.05, 0) is 47.9 Å². The van der Waals surface area contributed by atoms with Gasteiger partial charge in [0.2, 0.25) is 0 Å². The van der Waals surface area contributed by atoms with Gasteiger partial charge in [-0.15, -0.1) is 11.3 Å². The molecule has 1 aromatic carbocycles. The standard InChI is InChI=1S/C14H14N2OS/c15-13-3-2-11(10-5-6-16-7-12(10)13)14-4-1-9(8-17)18-14/h1-4,8,16H,5-7,15H2. The van der Waals surface area contributed by atoms with Crippen molar-refractivity contribution in [3.05, 3.63) is 40.3 Å². The van der Waals surface area contributed by atoms with E-state index >= 15 is 0 Å². The summed E-state index contributed by atoms with van der Waals surface area (Å²) in [7, 11) is 0. The summed E-state index contributed by atoms with van der Waals surface area (Å²) in [5.74, 6) is 0. The van der Waals surface area contributed by atoms with Crippen LogP contribution in [0.2, 0.25) is 0 Å². The Balaban J connectivity index is 2.14. The molecule has 0 amide bonds. The number of carbonyl (C=O) groups is 1. The fraction of sp³-hybridized carbons (Fsp3) is 0.214. The summed E-state index contributed by atoms with van der Waals surface area (Å²) in [5, 5.41) is 3.34. The van der Waals surface area contributed by atoms with Crippen molar-refractivity contribution in [2.45, 2.75) is 13.0 Å². The Morgan fingerprint density at radius 3 is 2.89 bits per heavy atom. The van der Waals surface area contributed by atoms with Crippen molar-refractivity contribution in [3.63, 3.8) is 0 Å². The Morgan fingerprint density at radius 1 is 1.22 bits per heavy atom. The maximum absolute atomic E-state index is 10.8. The van der Waals surface area contributed by atoms with Gasteiger partial charge < -0.3 is 11.1 Å². The number of nitrogens with one attached hydrogen (secondary N) is 1. The summed E-state index contributed by atoms with van der Waals surface area (Å²) in [6.45, 7) is 1.82. The van der Waals surface area contributed by atoms with Crippen molar-refractivity contribution in [1.29, 1.82) is 0 Å². The van der Waals surface area contributed by atoms with Gasteiger partial charge in [-0.2, -0.15) is 0 Å². The number of nitrogens with two attached hydrogens (primary N) is 1. The van der Waals surface area contributed by atoms with Gasteiger partial charge in [0.15, 0.2) is 6.29 Å². The van der Waals surface area contributed by atoms with Crippen molar-refractivity contribution in [2.75, 3.05) is 12.3 Å². The molecule has 3 rings (SSSR count). The van der Waals surface area contributed by atoms with Gasteiger partial charge in [0.05, 0.1) is 4.88 Å². The molecule has 1 aromatic heterocycles. The molecule has 2 aromatic rings. The molecule has 0 saturated carbocycles. The molecular formula is C14H14N2OS. The summed E-state index contributed by atoms with van der Waals surface area (Å²) >= 11 is 1.54. The van der Waals surface area contributed by atoms with E-state index in [0.29, 0.717) is 0 Å². The number of fused-ring (bicyclic) bond motifs is 1. The molecule has 0 fully saturated rings. The first-order valence-corrected chi connectivity index (χ1v) is 6.77. The zero-order chi connectivity index (χ0) is 12.5. The van der Waals surface area contributed by atoms with Gasteiger partial charge in [0.1, 0.15) is 0 Å². The van der Waals surface area contributed by atoms with Crippen LogP contribution in [-0.2, 0) is 13.0 Å². The van der Waals surface area contributed by atoms with Crippen LogP contribution < -0.4 is 11.1 Å². The van der Waals surface area contributed by atoms with Gasteiger partial charge in [0.25, 0.3) is 0 Å². The first kappa shape index (κ1) is 11.4. The molecule has 2 heterocycles. The van der Waals surface area contributed by atoms with Crippen molar-refractivity contribution in [3.8, 4) is 10.4 Å². The number of anilines is 1. The zero-order valence-corrected chi connectivity index (χ0v) is 10.7. The molecule has 0 unspecified atom stereocenters. The Labute approximate surface area is 110 Å². The highest BCUT2D eigenvalue weighted by atomic mass is 32.1. The maximum atomic E-state index is 10.8. The number of thiophene rings is 1. The highest BCUT2D eigenvalue weighted by Gasteiger charge is 2.17. The molecule has 1 aliphatic rings. The summed E-state index contributed by atoms with van der Waals surface area (Å²) in [6, 6.07) is 7.92. The Morgan fingerprint density at radius 2 is 2.11 bits per heavy atom. The second-order valence-corrected chi connectivity index (χ2v) is 5.52. The van der Waals surface area contributed by atoms with Crippen LogP contribution in [0.5, 0.6) is 0 Å². The average Bonchev–Trinajstić information content (AvgIpc) is 2.88. The molecule has 3 N–H and O–H groups in total. The van der Waals surface area contributed by atoms with E-state index in [1.165, 1.54) is 28.0 Å². The van der Waals surface area contributed by atoms with Crippen LogP contribution in [0.3, 0.4) is 0 Å². The van der Waals surface area contributed by atoms with Crippen LogP contribution >= 0.6 is 11.3 Å². The molecule has 92 valence electrons. The van der Waals surface area contributed by atoms with Crippen LogP contribution in [0.1, 0.15) is 20.8 Å². The topological polar surface area (TPSA) is 55.1 Å². The van der Waals surface area contributed by atoms with Gasteiger partial charge in [-0.25, -0.2) is 0 Å². The van der Waals surface area contributed by atoms with Crippen molar-refractivity contribution >= 4 is 23.3 Å². The summed E-state index contributed by atoms with van der Waals surface area (Å²) < 4.78 is 0. The summed E-state index contributed by atoms with van der Waals surface area (Å²) in [6.07, 6.45) is 1.89. The number of hydrogen-bond donors (Lipinski definition) is 2. The van der Waals surface area contributed by atoms with E-state index in [4.69, 9.17) is 5.73 Å². The average molecular weight is 258 g/mol. The highest BCUT2D eigenvalue weighted by molar-refractivity contribution is 7.17. The van der Waals surface area contributed by atoms with Crippen molar-refractivity contribution in [1.82, 2.24) is 5.32 Å². The number of rotatable bonds is 2. The third-order valence-corrected chi connectivity index (χ3v) is 4.37. The predicted octanol–water partition coefficient (Wildman–Crippen LogP) is 2.46. The van der Waals surface area contributed by atoms with E-state index in [1.54, 1.807) is 0 Å². The minimum Gasteiger partial charge on any atom is -0.398 e. The van der Waals surface area contributed by atoms with E-state index in [2.05, 4.69) is 11.4 Å². The number of carbonyl (C=O) groups excluding carboxylic acids is 1. The molecule has 0 spiro atoms. The number of nitrogen functional groups attached to an aromatic ring is 1. The van der Waals surface area contributed by atoms with Crippen LogP contribution in [0.4, 0.5) is 5.69 Å². The molecule has 4 heteroatoms. The van der Waals surface area contributed by atoms with E-state index in [9.17, 15) is 4.79 Å². The molecule has 0 radical (unpaired) electrons. The third-order valence-electron chi connectivity index (χ3n) is 3.33. The minimum atomic E-state index is 0.768. The molecule has 3 nitrogen and oxygen atoms in total. The fourth-order valence-corrected chi connectivity index (χ4v) is 3.30. The summed E-state index contributed by atoms with van der Waals surface area (Å²) in [4.78, 5) is 12.7. The van der Waals surface area contributed by atoms with Gasteiger partial charge in [0, 0.05) is 17.1 Å². The third kappa shape index (κ3) is 1.83. The normalized spacial score (nSPS) is 14.2. The second kappa shape index (κ2) is 4.55. The predicted molar refractivity (Wildman–Crippen MR) is 75.0 cm³/mol. The van der Waals surface area contributed by atoms with Crippen LogP contribution in [0.25, 0.3) is 10.4 Å². The lowest BCUT2D eigenvalue weighted by atomic mass is 9.93. The van der Waals surface area contributed by atoms with Crippen molar-refractivity contribution < 1.29 is 4.79 Å². The highest BCUT2D eigenvalue weighted by Crippen LogP contribution is 2.35.